The molecule has 0 radical (unpaired) electrons. The maximum Gasteiger partial charge on any atom is 0.224 e. The number of pyridine rings is 1. The van der Waals surface area contributed by atoms with E-state index in [1.165, 1.54) is 0 Å². The minimum atomic E-state index is 0.0578. The van der Waals surface area contributed by atoms with Crippen LogP contribution in [0.25, 0.3) is 0 Å². The molecule has 0 bridgehead atoms. The molecule has 1 heterocycles. The molecule has 1 aromatic heterocycles. The predicted octanol–water partition coefficient (Wildman–Crippen LogP) is 3.22. The zero-order valence-corrected chi connectivity index (χ0v) is 10.5. The van der Waals surface area contributed by atoms with Crippen molar-refractivity contribution >= 4 is 27.5 Å². The smallest absolute Gasteiger partial charge is 0.224 e. The number of aromatic nitrogens is 1. The summed E-state index contributed by atoms with van der Waals surface area (Å²) in [6.45, 7) is 4.16. The lowest BCUT2D eigenvalue weighted by Gasteiger charge is -2.08. The van der Waals surface area contributed by atoms with Gasteiger partial charge in [-0.25, -0.2) is 4.98 Å². The van der Waals surface area contributed by atoms with E-state index in [2.05, 4.69) is 40.1 Å². The van der Waals surface area contributed by atoms with Crippen molar-refractivity contribution in [2.75, 3.05) is 5.32 Å². The van der Waals surface area contributed by atoms with Gasteiger partial charge < -0.3 is 5.32 Å². The third-order valence-electron chi connectivity index (χ3n) is 2.24. The van der Waals surface area contributed by atoms with E-state index < -0.39 is 0 Å². The van der Waals surface area contributed by atoms with Gasteiger partial charge >= 0.3 is 0 Å². The topological polar surface area (TPSA) is 42.0 Å². The van der Waals surface area contributed by atoms with Gasteiger partial charge in [0.25, 0.3) is 0 Å². The van der Waals surface area contributed by atoms with Crippen molar-refractivity contribution in [3.63, 3.8) is 0 Å². The summed E-state index contributed by atoms with van der Waals surface area (Å²) >= 11 is 3.25. The van der Waals surface area contributed by atoms with Crippen molar-refractivity contribution in [3.05, 3.63) is 22.9 Å². The molecule has 0 aliphatic rings. The summed E-state index contributed by atoms with van der Waals surface area (Å²) in [5.74, 6) is 0.484. The monoisotopic (exact) mass is 270 g/mol. The van der Waals surface area contributed by atoms with E-state index in [0.717, 1.165) is 16.7 Å². The van der Waals surface area contributed by atoms with Crippen LogP contribution in [0.1, 0.15) is 26.7 Å². The molecule has 1 aromatic rings. The van der Waals surface area contributed by atoms with Crippen LogP contribution in [-0.2, 0) is 4.79 Å². The Kier molecular flexibility index (Phi) is 4.75. The number of carbonyl (C=O) groups excluding carboxylic acids is 1. The van der Waals surface area contributed by atoms with Crippen LogP contribution < -0.4 is 5.32 Å². The molecule has 0 aliphatic heterocycles. The molecule has 0 aliphatic carbocycles. The van der Waals surface area contributed by atoms with E-state index in [9.17, 15) is 4.79 Å². The lowest BCUT2D eigenvalue weighted by molar-refractivity contribution is -0.117. The van der Waals surface area contributed by atoms with Crippen molar-refractivity contribution in [2.45, 2.75) is 26.7 Å². The Hall–Kier alpha value is -0.900. The minimum Gasteiger partial charge on any atom is -0.326 e. The SMILES string of the molecule is CCC(C)CC(=O)Nc1ccnc(Br)c1. The van der Waals surface area contributed by atoms with Crippen molar-refractivity contribution in [1.29, 1.82) is 0 Å². The number of carbonyl (C=O) groups is 1. The highest BCUT2D eigenvalue weighted by atomic mass is 79.9. The maximum atomic E-state index is 11.5. The van der Waals surface area contributed by atoms with Crippen molar-refractivity contribution in [3.8, 4) is 0 Å². The Balaban J connectivity index is 2.51. The van der Waals surface area contributed by atoms with Crippen LogP contribution in [0, 0.1) is 5.92 Å². The van der Waals surface area contributed by atoms with E-state index in [4.69, 9.17) is 0 Å². The zero-order chi connectivity index (χ0) is 11.3. The maximum absolute atomic E-state index is 11.5. The Labute approximate surface area is 98.4 Å². The highest BCUT2D eigenvalue weighted by molar-refractivity contribution is 9.10. The van der Waals surface area contributed by atoms with E-state index in [1.54, 1.807) is 18.3 Å². The first-order valence-electron chi connectivity index (χ1n) is 5.03. The summed E-state index contributed by atoms with van der Waals surface area (Å²) in [7, 11) is 0. The average Bonchev–Trinajstić information content (AvgIpc) is 2.17. The normalized spacial score (nSPS) is 12.2. The van der Waals surface area contributed by atoms with E-state index in [1.807, 2.05) is 0 Å². The molecule has 4 heteroatoms. The molecule has 1 rings (SSSR count). The lowest BCUT2D eigenvalue weighted by Crippen LogP contribution is -2.14. The molecular weight excluding hydrogens is 256 g/mol. The first-order valence-corrected chi connectivity index (χ1v) is 5.82. The Bertz CT molecular complexity index is 341. The van der Waals surface area contributed by atoms with Crippen LogP contribution in [0.15, 0.2) is 22.9 Å². The fourth-order valence-electron chi connectivity index (χ4n) is 1.15. The highest BCUT2D eigenvalue weighted by Crippen LogP contribution is 2.14. The number of nitrogens with zero attached hydrogens (tertiary/aromatic N) is 1. The average molecular weight is 271 g/mol. The number of rotatable bonds is 4. The summed E-state index contributed by atoms with van der Waals surface area (Å²) in [5, 5.41) is 2.84. The first kappa shape index (κ1) is 12.2. The van der Waals surface area contributed by atoms with Crippen LogP contribution in [0.4, 0.5) is 5.69 Å². The van der Waals surface area contributed by atoms with Crippen LogP contribution in [-0.4, -0.2) is 10.9 Å². The summed E-state index contributed by atoms with van der Waals surface area (Å²) in [5.41, 5.74) is 0.783. The van der Waals surface area contributed by atoms with Crippen LogP contribution in [0.2, 0.25) is 0 Å². The summed E-state index contributed by atoms with van der Waals surface area (Å²) < 4.78 is 0.726. The van der Waals surface area contributed by atoms with Crippen LogP contribution in [0.3, 0.4) is 0 Å². The summed E-state index contributed by atoms with van der Waals surface area (Å²) in [6, 6.07) is 3.56. The molecule has 0 saturated heterocycles. The second kappa shape index (κ2) is 5.85. The lowest BCUT2D eigenvalue weighted by atomic mass is 10.1. The van der Waals surface area contributed by atoms with E-state index >= 15 is 0 Å². The Morgan fingerprint density at radius 1 is 1.67 bits per heavy atom. The molecule has 1 unspecified atom stereocenters. The van der Waals surface area contributed by atoms with Gasteiger partial charge in [0.2, 0.25) is 5.91 Å². The molecule has 0 aromatic carbocycles. The van der Waals surface area contributed by atoms with Crippen molar-refractivity contribution < 1.29 is 4.79 Å². The zero-order valence-electron chi connectivity index (χ0n) is 8.96. The predicted molar refractivity (Wildman–Crippen MR) is 64.6 cm³/mol. The van der Waals surface area contributed by atoms with Gasteiger partial charge in [-0.1, -0.05) is 20.3 Å². The first-order chi connectivity index (χ1) is 7.11. The number of amides is 1. The molecule has 1 atom stereocenters. The molecule has 15 heavy (non-hydrogen) atoms. The summed E-state index contributed by atoms with van der Waals surface area (Å²) in [6.07, 6.45) is 3.24. The van der Waals surface area contributed by atoms with E-state index in [-0.39, 0.29) is 5.91 Å². The third kappa shape index (κ3) is 4.42. The van der Waals surface area contributed by atoms with Crippen molar-refractivity contribution in [2.24, 2.45) is 5.92 Å². The molecule has 1 N–H and O–H groups in total. The van der Waals surface area contributed by atoms with Crippen LogP contribution >= 0.6 is 15.9 Å². The Morgan fingerprint density at radius 3 is 3.00 bits per heavy atom. The molecule has 0 fully saturated rings. The molecule has 0 saturated carbocycles. The molecule has 0 spiro atoms. The highest BCUT2D eigenvalue weighted by Gasteiger charge is 2.07. The number of halogens is 1. The number of hydrogen-bond donors (Lipinski definition) is 1. The van der Waals surface area contributed by atoms with Crippen molar-refractivity contribution in [1.82, 2.24) is 4.98 Å². The quantitative estimate of drug-likeness (QED) is 0.854. The fraction of sp³-hybridized carbons (Fsp3) is 0.455. The molecule has 1 amide bonds. The van der Waals surface area contributed by atoms with Gasteiger partial charge in [-0.2, -0.15) is 0 Å². The second-order valence-corrected chi connectivity index (χ2v) is 4.45. The fourth-order valence-corrected chi connectivity index (χ4v) is 1.52. The van der Waals surface area contributed by atoms with Gasteiger partial charge in [-0.15, -0.1) is 0 Å². The molecule has 82 valence electrons. The van der Waals surface area contributed by atoms with Gasteiger partial charge in [0.05, 0.1) is 0 Å². The van der Waals surface area contributed by atoms with E-state index in [0.29, 0.717) is 12.3 Å². The van der Waals surface area contributed by atoms with Gasteiger partial charge in [-0.05, 0) is 34.0 Å². The number of hydrogen-bond acceptors (Lipinski definition) is 2. The molecule has 3 nitrogen and oxygen atoms in total. The minimum absolute atomic E-state index is 0.0578. The van der Waals surface area contributed by atoms with Gasteiger partial charge in [0, 0.05) is 18.3 Å². The van der Waals surface area contributed by atoms with Gasteiger partial charge in [0.1, 0.15) is 4.60 Å². The van der Waals surface area contributed by atoms with Crippen LogP contribution in [0.5, 0.6) is 0 Å². The summed E-state index contributed by atoms with van der Waals surface area (Å²) in [4.78, 5) is 15.5. The number of nitrogens with one attached hydrogen (secondary N) is 1. The number of anilines is 1. The third-order valence-corrected chi connectivity index (χ3v) is 2.67. The van der Waals surface area contributed by atoms with Gasteiger partial charge in [0.15, 0.2) is 0 Å². The Morgan fingerprint density at radius 2 is 2.40 bits per heavy atom. The largest absolute Gasteiger partial charge is 0.326 e. The molecular formula is C11H15BrN2O. The second-order valence-electron chi connectivity index (χ2n) is 3.63. The standard InChI is InChI=1S/C11H15BrN2O/c1-3-8(2)6-11(15)14-9-4-5-13-10(12)7-9/h4-5,7-8H,3,6H2,1-2H3,(H,13,14,15). The van der Waals surface area contributed by atoms with Gasteiger partial charge in [-0.3, -0.25) is 4.79 Å².